The molecule has 5 nitrogen and oxygen atoms in total. The number of carbonyl (C=O) groups is 1. The van der Waals surface area contributed by atoms with Gasteiger partial charge in [0.1, 0.15) is 0 Å². The molecule has 1 amide bonds. The van der Waals surface area contributed by atoms with E-state index in [0.29, 0.717) is 31.3 Å². The first-order valence-corrected chi connectivity index (χ1v) is 6.61. The van der Waals surface area contributed by atoms with E-state index in [2.05, 4.69) is 5.32 Å². The molecule has 3 rings (SSSR count). The highest BCUT2D eigenvalue weighted by molar-refractivity contribution is 6.30. The molecule has 1 atom stereocenters. The van der Waals surface area contributed by atoms with Crippen LogP contribution in [0.2, 0.25) is 5.02 Å². The number of benzene rings is 1. The summed E-state index contributed by atoms with van der Waals surface area (Å²) in [7, 11) is 0. The SMILES string of the molecule is O=C1OC2(CNCCOC2)CN1c1ccc(Cl)cc1. The summed E-state index contributed by atoms with van der Waals surface area (Å²) >= 11 is 5.85. The van der Waals surface area contributed by atoms with Gasteiger partial charge in [0.25, 0.3) is 0 Å². The van der Waals surface area contributed by atoms with Crippen molar-refractivity contribution in [1.82, 2.24) is 5.32 Å². The second-order valence-electron chi connectivity index (χ2n) is 4.84. The monoisotopic (exact) mass is 282 g/mol. The topological polar surface area (TPSA) is 50.8 Å². The van der Waals surface area contributed by atoms with E-state index in [4.69, 9.17) is 21.1 Å². The molecule has 2 aliphatic heterocycles. The Morgan fingerprint density at radius 1 is 1.32 bits per heavy atom. The summed E-state index contributed by atoms with van der Waals surface area (Å²) < 4.78 is 11.0. The highest BCUT2D eigenvalue weighted by Crippen LogP contribution is 2.29. The van der Waals surface area contributed by atoms with Crippen LogP contribution in [-0.4, -0.2) is 44.5 Å². The average Bonchev–Trinajstić information content (AvgIpc) is 2.58. The van der Waals surface area contributed by atoms with Gasteiger partial charge in [-0.25, -0.2) is 4.79 Å². The smallest absolute Gasteiger partial charge is 0.415 e. The van der Waals surface area contributed by atoms with E-state index in [1.54, 1.807) is 17.0 Å². The minimum absolute atomic E-state index is 0.338. The standard InChI is InChI=1S/C13H15ClN2O3/c14-10-1-3-11(4-2-10)16-8-13(19-12(16)17)7-15-5-6-18-9-13/h1-4,15H,5-9H2. The molecule has 19 heavy (non-hydrogen) atoms. The summed E-state index contributed by atoms with van der Waals surface area (Å²) in [6.45, 7) is 2.94. The van der Waals surface area contributed by atoms with Crippen molar-refractivity contribution < 1.29 is 14.3 Å². The Morgan fingerprint density at radius 3 is 2.89 bits per heavy atom. The molecule has 0 aliphatic carbocycles. The van der Waals surface area contributed by atoms with Crippen LogP contribution in [0.25, 0.3) is 0 Å². The maximum absolute atomic E-state index is 12.0. The van der Waals surface area contributed by atoms with Crippen molar-refractivity contribution in [3.8, 4) is 0 Å². The second kappa shape index (κ2) is 5.00. The van der Waals surface area contributed by atoms with Gasteiger partial charge in [-0.05, 0) is 24.3 Å². The van der Waals surface area contributed by atoms with Crippen molar-refractivity contribution in [2.45, 2.75) is 5.60 Å². The van der Waals surface area contributed by atoms with Crippen LogP contribution >= 0.6 is 11.6 Å². The van der Waals surface area contributed by atoms with Crippen LogP contribution in [0.1, 0.15) is 0 Å². The Labute approximate surface area is 116 Å². The van der Waals surface area contributed by atoms with E-state index in [-0.39, 0.29) is 6.09 Å². The molecule has 1 aromatic rings. The van der Waals surface area contributed by atoms with Crippen LogP contribution in [0.5, 0.6) is 0 Å². The molecular weight excluding hydrogens is 268 g/mol. The van der Waals surface area contributed by atoms with Crippen molar-refractivity contribution in [1.29, 1.82) is 0 Å². The average molecular weight is 283 g/mol. The Bertz CT molecular complexity index is 469. The summed E-state index contributed by atoms with van der Waals surface area (Å²) in [6, 6.07) is 7.15. The lowest BCUT2D eigenvalue weighted by molar-refractivity contribution is -0.00744. The van der Waals surface area contributed by atoms with Gasteiger partial charge in [-0.3, -0.25) is 4.90 Å². The normalized spacial score (nSPS) is 27.4. The van der Waals surface area contributed by atoms with Crippen LogP contribution in [0, 0.1) is 0 Å². The first-order chi connectivity index (χ1) is 9.19. The molecule has 1 aromatic carbocycles. The molecule has 6 heteroatoms. The Kier molecular flexibility index (Phi) is 3.35. The lowest BCUT2D eigenvalue weighted by Gasteiger charge is -2.24. The quantitative estimate of drug-likeness (QED) is 0.851. The van der Waals surface area contributed by atoms with Crippen LogP contribution in [0.15, 0.2) is 24.3 Å². The molecule has 0 saturated carbocycles. The molecule has 0 radical (unpaired) electrons. The summed E-state index contributed by atoms with van der Waals surface area (Å²) in [5.41, 5.74) is 0.197. The molecule has 2 heterocycles. The second-order valence-corrected chi connectivity index (χ2v) is 5.28. The number of hydrogen-bond donors (Lipinski definition) is 1. The van der Waals surface area contributed by atoms with Crippen molar-refractivity contribution >= 4 is 23.4 Å². The van der Waals surface area contributed by atoms with Crippen molar-refractivity contribution in [2.75, 3.05) is 37.7 Å². The van der Waals surface area contributed by atoms with Crippen molar-refractivity contribution in [2.24, 2.45) is 0 Å². The highest BCUT2D eigenvalue weighted by atomic mass is 35.5. The van der Waals surface area contributed by atoms with Gasteiger partial charge in [0.2, 0.25) is 0 Å². The summed E-state index contributed by atoms with van der Waals surface area (Å²) in [5, 5.41) is 3.88. The zero-order chi connectivity index (χ0) is 13.3. The van der Waals surface area contributed by atoms with Crippen LogP contribution in [0.3, 0.4) is 0 Å². The predicted octanol–water partition coefficient (Wildman–Crippen LogP) is 1.66. The minimum atomic E-state index is -0.590. The van der Waals surface area contributed by atoms with E-state index < -0.39 is 5.60 Å². The van der Waals surface area contributed by atoms with Gasteiger partial charge in [0.15, 0.2) is 5.60 Å². The first kappa shape index (κ1) is 12.7. The molecular formula is C13H15ClN2O3. The number of anilines is 1. The largest absolute Gasteiger partial charge is 0.437 e. The Hall–Kier alpha value is -1.30. The fourth-order valence-electron chi connectivity index (χ4n) is 2.38. The van der Waals surface area contributed by atoms with E-state index in [1.807, 2.05) is 12.1 Å². The third-order valence-electron chi connectivity index (χ3n) is 3.34. The van der Waals surface area contributed by atoms with Crippen molar-refractivity contribution in [3.63, 3.8) is 0 Å². The number of ether oxygens (including phenoxy) is 2. The van der Waals surface area contributed by atoms with E-state index >= 15 is 0 Å². The van der Waals surface area contributed by atoms with Crippen LogP contribution < -0.4 is 10.2 Å². The number of hydrogen-bond acceptors (Lipinski definition) is 4. The fourth-order valence-corrected chi connectivity index (χ4v) is 2.51. The first-order valence-electron chi connectivity index (χ1n) is 6.23. The lowest BCUT2D eigenvalue weighted by Crippen LogP contribution is -2.46. The summed E-state index contributed by atoms with van der Waals surface area (Å²) in [6.07, 6.45) is -0.338. The zero-order valence-corrected chi connectivity index (χ0v) is 11.2. The lowest BCUT2D eigenvalue weighted by atomic mass is 10.1. The maximum Gasteiger partial charge on any atom is 0.415 e. The number of amides is 1. The van der Waals surface area contributed by atoms with Crippen LogP contribution in [-0.2, 0) is 9.47 Å². The molecule has 1 unspecified atom stereocenters. The molecule has 2 saturated heterocycles. The molecule has 2 fully saturated rings. The zero-order valence-electron chi connectivity index (χ0n) is 10.4. The summed E-state index contributed by atoms with van der Waals surface area (Å²) in [5.74, 6) is 0. The van der Waals surface area contributed by atoms with Gasteiger partial charge in [-0.2, -0.15) is 0 Å². The van der Waals surface area contributed by atoms with Crippen molar-refractivity contribution in [3.05, 3.63) is 29.3 Å². The molecule has 2 aliphatic rings. The van der Waals surface area contributed by atoms with Crippen LogP contribution in [0.4, 0.5) is 10.5 Å². The van der Waals surface area contributed by atoms with Gasteiger partial charge in [0, 0.05) is 23.8 Å². The number of carbonyl (C=O) groups excluding carboxylic acids is 1. The fraction of sp³-hybridized carbons (Fsp3) is 0.462. The van der Waals surface area contributed by atoms with E-state index in [9.17, 15) is 4.79 Å². The number of halogens is 1. The highest BCUT2D eigenvalue weighted by Gasteiger charge is 2.46. The van der Waals surface area contributed by atoms with E-state index in [1.165, 1.54) is 0 Å². The van der Waals surface area contributed by atoms with Gasteiger partial charge in [-0.15, -0.1) is 0 Å². The number of rotatable bonds is 1. The number of nitrogens with zero attached hydrogens (tertiary/aromatic N) is 1. The molecule has 1 spiro atoms. The number of nitrogens with one attached hydrogen (secondary N) is 1. The maximum atomic E-state index is 12.0. The molecule has 102 valence electrons. The van der Waals surface area contributed by atoms with Gasteiger partial charge in [0.05, 0.1) is 19.8 Å². The predicted molar refractivity (Wildman–Crippen MR) is 71.7 cm³/mol. The molecule has 1 N–H and O–H groups in total. The third-order valence-corrected chi connectivity index (χ3v) is 3.60. The summed E-state index contributed by atoms with van der Waals surface area (Å²) in [4.78, 5) is 13.7. The Balaban J connectivity index is 1.81. The third kappa shape index (κ3) is 2.54. The minimum Gasteiger partial charge on any atom is -0.437 e. The van der Waals surface area contributed by atoms with Gasteiger partial charge in [-0.1, -0.05) is 11.6 Å². The molecule has 0 bridgehead atoms. The van der Waals surface area contributed by atoms with E-state index in [0.717, 1.165) is 12.2 Å². The van der Waals surface area contributed by atoms with Gasteiger partial charge < -0.3 is 14.8 Å². The Morgan fingerprint density at radius 2 is 2.11 bits per heavy atom. The van der Waals surface area contributed by atoms with Gasteiger partial charge >= 0.3 is 6.09 Å². The molecule has 0 aromatic heterocycles.